The maximum absolute atomic E-state index is 13.0. The maximum Gasteiger partial charge on any atom is 0.261 e. The summed E-state index contributed by atoms with van der Waals surface area (Å²) in [4.78, 5) is 26.9. The van der Waals surface area contributed by atoms with Crippen molar-refractivity contribution in [2.24, 2.45) is 0 Å². The smallest absolute Gasteiger partial charge is 0.261 e. The Morgan fingerprint density at radius 1 is 1.14 bits per heavy atom. The molecule has 2 amide bonds. The Labute approximate surface area is 171 Å². The largest absolute Gasteiger partial charge is 0.483 e. The summed E-state index contributed by atoms with van der Waals surface area (Å²) in [5.41, 5.74) is 2.99. The average Bonchev–Trinajstić information content (AvgIpc) is 2.69. The fourth-order valence-corrected chi connectivity index (χ4v) is 3.10. The van der Waals surface area contributed by atoms with E-state index in [9.17, 15) is 9.59 Å². The van der Waals surface area contributed by atoms with Crippen LogP contribution in [0.25, 0.3) is 0 Å². The van der Waals surface area contributed by atoms with Crippen molar-refractivity contribution in [1.29, 1.82) is 0 Å². The number of carbonyl (C=O) groups is 2. The number of ether oxygens (including phenoxy) is 1. The van der Waals surface area contributed by atoms with E-state index < -0.39 is 6.04 Å². The number of likely N-dealkylation sites (N-methyl/N-ethyl adjacent to an activating group) is 1. The summed E-state index contributed by atoms with van der Waals surface area (Å²) >= 11 is 5.95. The quantitative estimate of drug-likeness (QED) is 0.728. The summed E-state index contributed by atoms with van der Waals surface area (Å²) in [6.07, 6.45) is 0.502. The summed E-state index contributed by atoms with van der Waals surface area (Å²) in [6, 6.07) is 12.4. The van der Waals surface area contributed by atoms with E-state index in [1.54, 1.807) is 24.1 Å². The molecule has 0 spiro atoms. The normalized spacial score (nSPS) is 11.6. The summed E-state index contributed by atoms with van der Waals surface area (Å²) < 4.78 is 5.78. The zero-order chi connectivity index (χ0) is 20.7. The molecule has 5 nitrogen and oxygen atoms in total. The van der Waals surface area contributed by atoms with E-state index in [0.717, 1.165) is 16.7 Å². The van der Waals surface area contributed by atoms with Gasteiger partial charge in [-0.05, 0) is 55.2 Å². The summed E-state index contributed by atoms with van der Waals surface area (Å²) in [5.74, 6) is 0.232. The molecule has 0 fully saturated rings. The molecular weight excluding hydrogens is 376 g/mol. The number of hydrogen-bond donors (Lipinski definition) is 1. The maximum atomic E-state index is 13.0. The third-order valence-corrected chi connectivity index (χ3v) is 5.06. The molecule has 0 unspecified atom stereocenters. The Balaban J connectivity index is 2.21. The first-order chi connectivity index (χ1) is 13.4. The molecule has 1 N–H and O–H groups in total. The molecule has 2 aromatic carbocycles. The van der Waals surface area contributed by atoms with Crippen molar-refractivity contribution in [1.82, 2.24) is 10.2 Å². The van der Waals surface area contributed by atoms with Gasteiger partial charge in [0.1, 0.15) is 11.8 Å². The van der Waals surface area contributed by atoms with Crippen LogP contribution >= 0.6 is 11.6 Å². The molecule has 0 saturated heterocycles. The third kappa shape index (κ3) is 5.49. The Hall–Kier alpha value is -2.53. The lowest BCUT2D eigenvalue weighted by atomic mass is 10.1. The van der Waals surface area contributed by atoms with Crippen molar-refractivity contribution in [3.63, 3.8) is 0 Å². The van der Waals surface area contributed by atoms with Crippen LogP contribution in [0, 0.1) is 13.8 Å². The highest BCUT2D eigenvalue weighted by molar-refractivity contribution is 6.30. The highest BCUT2D eigenvalue weighted by Crippen LogP contribution is 2.21. The average molecular weight is 403 g/mol. The molecule has 1 atom stereocenters. The fraction of sp³-hybridized carbons (Fsp3) is 0.364. The Morgan fingerprint density at radius 3 is 2.43 bits per heavy atom. The summed E-state index contributed by atoms with van der Waals surface area (Å²) in [6.45, 7) is 6.01. The Morgan fingerprint density at radius 2 is 1.82 bits per heavy atom. The van der Waals surface area contributed by atoms with Crippen LogP contribution in [-0.4, -0.2) is 36.4 Å². The Kier molecular flexibility index (Phi) is 7.88. The number of rotatable bonds is 8. The molecule has 0 radical (unpaired) electrons. The first-order valence-electron chi connectivity index (χ1n) is 9.31. The molecule has 28 heavy (non-hydrogen) atoms. The van der Waals surface area contributed by atoms with Gasteiger partial charge < -0.3 is 15.0 Å². The van der Waals surface area contributed by atoms with E-state index in [0.29, 0.717) is 23.7 Å². The van der Waals surface area contributed by atoms with Gasteiger partial charge in [-0.1, -0.05) is 42.8 Å². The molecule has 0 aliphatic carbocycles. The van der Waals surface area contributed by atoms with Crippen LogP contribution in [-0.2, 0) is 16.1 Å². The molecular formula is C22H27ClN2O3. The highest BCUT2D eigenvalue weighted by atomic mass is 35.5. The third-order valence-electron chi connectivity index (χ3n) is 4.80. The lowest BCUT2D eigenvalue weighted by Crippen LogP contribution is -2.49. The van der Waals surface area contributed by atoms with Crippen LogP contribution in [0.15, 0.2) is 42.5 Å². The fourth-order valence-electron chi connectivity index (χ4n) is 2.98. The minimum absolute atomic E-state index is 0.134. The van der Waals surface area contributed by atoms with Gasteiger partial charge in [0.2, 0.25) is 5.91 Å². The van der Waals surface area contributed by atoms with Gasteiger partial charge in [0, 0.05) is 18.6 Å². The number of aryl methyl sites for hydroxylation is 1. The van der Waals surface area contributed by atoms with Crippen LogP contribution in [0.4, 0.5) is 0 Å². The molecule has 0 saturated carbocycles. The molecule has 2 rings (SSSR count). The molecule has 0 bridgehead atoms. The van der Waals surface area contributed by atoms with E-state index in [4.69, 9.17) is 16.3 Å². The van der Waals surface area contributed by atoms with E-state index >= 15 is 0 Å². The van der Waals surface area contributed by atoms with Gasteiger partial charge in [0.15, 0.2) is 6.61 Å². The van der Waals surface area contributed by atoms with E-state index in [-0.39, 0.29) is 18.4 Å². The van der Waals surface area contributed by atoms with E-state index in [2.05, 4.69) is 5.32 Å². The highest BCUT2D eigenvalue weighted by Gasteiger charge is 2.28. The van der Waals surface area contributed by atoms with Gasteiger partial charge in [-0.3, -0.25) is 9.59 Å². The van der Waals surface area contributed by atoms with Gasteiger partial charge in [-0.15, -0.1) is 0 Å². The number of hydrogen-bond acceptors (Lipinski definition) is 3. The number of nitrogens with one attached hydrogen (secondary N) is 1. The first-order valence-corrected chi connectivity index (χ1v) is 9.69. The molecule has 2 aromatic rings. The minimum Gasteiger partial charge on any atom is -0.483 e. The molecule has 0 aliphatic heterocycles. The van der Waals surface area contributed by atoms with Crippen molar-refractivity contribution in [2.45, 2.75) is 39.8 Å². The van der Waals surface area contributed by atoms with Gasteiger partial charge >= 0.3 is 0 Å². The number of carbonyl (C=O) groups excluding carboxylic acids is 2. The van der Waals surface area contributed by atoms with E-state index in [1.807, 2.05) is 51.1 Å². The van der Waals surface area contributed by atoms with Crippen LogP contribution in [0.1, 0.15) is 30.0 Å². The summed E-state index contributed by atoms with van der Waals surface area (Å²) in [7, 11) is 1.57. The van der Waals surface area contributed by atoms with Crippen LogP contribution in [0.2, 0.25) is 5.02 Å². The van der Waals surface area contributed by atoms with Crippen LogP contribution in [0.5, 0.6) is 5.75 Å². The zero-order valence-electron chi connectivity index (χ0n) is 16.8. The number of benzene rings is 2. The molecule has 0 aliphatic rings. The predicted molar refractivity (Wildman–Crippen MR) is 112 cm³/mol. The monoisotopic (exact) mass is 402 g/mol. The van der Waals surface area contributed by atoms with Gasteiger partial charge in [0.05, 0.1) is 0 Å². The van der Waals surface area contributed by atoms with Gasteiger partial charge in [0.25, 0.3) is 5.91 Å². The number of halogens is 1. The Bertz CT molecular complexity index is 821. The SMILES string of the molecule is CC[C@H](C(=O)NC)N(Cc1ccc(Cl)cc1)C(=O)COc1cccc(C)c1C. The predicted octanol–water partition coefficient (Wildman–Crippen LogP) is 3.89. The van der Waals surface area contributed by atoms with Crippen LogP contribution < -0.4 is 10.1 Å². The van der Waals surface area contributed by atoms with Crippen molar-refractivity contribution < 1.29 is 14.3 Å². The standard InChI is InChI=1S/C22H27ClN2O3/c1-5-19(22(27)24-4)25(13-17-9-11-18(23)12-10-17)21(26)14-28-20-8-6-7-15(2)16(20)3/h6-12,19H,5,13-14H2,1-4H3,(H,24,27)/t19-/m1/s1. The van der Waals surface area contributed by atoms with Gasteiger partial charge in [-0.25, -0.2) is 0 Å². The second kappa shape index (κ2) is 10.1. The topological polar surface area (TPSA) is 58.6 Å². The van der Waals surface area contributed by atoms with Crippen LogP contribution in [0.3, 0.4) is 0 Å². The lowest BCUT2D eigenvalue weighted by Gasteiger charge is -2.30. The number of nitrogens with zero attached hydrogens (tertiary/aromatic N) is 1. The molecule has 0 heterocycles. The molecule has 0 aromatic heterocycles. The first kappa shape index (κ1) is 21.8. The minimum atomic E-state index is -0.574. The molecule has 150 valence electrons. The second-order valence-electron chi connectivity index (χ2n) is 6.67. The van der Waals surface area contributed by atoms with Crippen molar-refractivity contribution >= 4 is 23.4 Å². The lowest BCUT2D eigenvalue weighted by molar-refractivity contribution is -0.142. The van der Waals surface area contributed by atoms with Crippen molar-refractivity contribution in [2.75, 3.05) is 13.7 Å². The zero-order valence-corrected chi connectivity index (χ0v) is 17.5. The summed E-state index contributed by atoms with van der Waals surface area (Å²) in [5, 5.41) is 3.27. The van der Waals surface area contributed by atoms with E-state index in [1.165, 1.54) is 0 Å². The molecule has 6 heteroatoms. The van der Waals surface area contributed by atoms with Gasteiger partial charge in [-0.2, -0.15) is 0 Å². The van der Waals surface area contributed by atoms with Crippen molar-refractivity contribution in [3.8, 4) is 5.75 Å². The second-order valence-corrected chi connectivity index (χ2v) is 7.11. The van der Waals surface area contributed by atoms with Crippen molar-refractivity contribution in [3.05, 3.63) is 64.2 Å². The number of amides is 2.